The molecule has 0 radical (unpaired) electrons. The van der Waals surface area contributed by atoms with Gasteiger partial charge < -0.3 is 10.0 Å². The molecule has 1 aromatic rings. The summed E-state index contributed by atoms with van der Waals surface area (Å²) in [6.45, 7) is 5.78. The molecule has 0 saturated heterocycles. The van der Waals surface area contributed by atoms with Crippen LogP contribution >= 0.6 is 0 Å². The van der Waals surface area contributed by atoms with Crippen LogP contribution in [0.5, 0.6) is 0 Å². The average molecular weight is 279 g/mol. The van der Waals surface area contributed by atoms with Crippen LogP contribution < -0.4 is 4.90 Å². The highest BCUT2D eigenvalue weighted by atomic mass is 19.1. The second-order valence-corrected chi connectivity index (χ2v) is 6.36. The molecule has 0 amide bonds. The molecule has 1 unspecified atom stereocenters. The maximum atomic E-state index is 13.7. The summed E-state index contributed by atoms with van der Waals surface area (Å²) < 4.78 is 13.7. The van der Waals surface area contributed by atoms with Crippen molar-refractivity contribution in [3.63, 3.8) is 0 Å². The number of hydrogen-bond donors (Lipinski definition) is 1. The molecule has 3 heteroatoms. The van der Waals surface area contributed by atoms with E-state index in [4.69, 9.17) is 0 Å². The number of hydrogen-bond acceptors (Lipinski definition) is 2. The predicted molar refractivity (Wildman–Crippen MR) is 81.6 cm³/mol. The van der Waals surface area contributed by atoms with E-state index < -0.39 is 6.10 Å². The van der Waals surface area contributed by atoms with Crippen molar-refractivity contribution in [2.75, 3.05) is 11.9 Å². The van der Waals surface area contributed by atoms with E-state index in [1.807, 2.05) is 6.07 Å². The molecule has 0 heterocycles. The Labute approximate surface area is 121 Å². The molecular weight excluding hydrogens is 253 g/mol. The summed E-state index contributed by atoms with van der Waals surface area (Å²) in [5.41, 5.74) is 2.30. The molecular formula is C17H26FNO. The van der Waals surface area contributed by atoms with Crippen LogP contribution in [0.1, 0.15) is 56.8 Å². The highest BCUT2D eigenvalue weighted by Gasteiger charge is 2.24. The molecule has 1 atom stereocenters. The van der Waals surface area contributed by atoms with E-state index in [2.05, 4.69) is 18.9 Å². The Balaban J connectivity index is 2.28. The fourth-order valence-electron chi connectivity index (χ4n) is 3.15. The molecule has 112 valence electrons. The average Bonchev–Trinajstić information content (AvgIpc) is 2.41. The van der Waals surface area contributed by atoms with E-state index in [0.717, 1.165) is 11.6 Å². The molecule has 1 N–H and O–H groups in total. The maximum Gasteiger partial charge on any atom is 0.126 e. The number of nitrogens with zero attached hydrogens (tertiary/aromatic N) is 1. The quantitative estimate of drug-likeness (QED) is 0.896. The van der Waals surface area contributed by atoms with Gasteiger partial charge in [-0.3, -0.25) is 0 Å². The summed E-state index contributed by atoms with van der Waals surface area (Å²) in [7, 11) is 2.07. The third kappa shape index (κ3) is 3.14. The van der Waals surface area contributed by atoms with E-state index in [1.165, 1.54) is 31.7 Å². The maximum absolute atomic E-state index is 13.7. The van der Waals surface area contributed by atoms with Crippen molar-refractivity contribution >= 4 is 5.69 Å². The molecule has 1 aliphatic rings. The molecule has 1 fully saturated rings. The lowest BCUT2D eigenvalue weighted by Crippen LogP contribution is -2.35. The lowest BCUT2D eigenvalue weighted by molar-refractivity contribution is 0.199. The number of aliphatic hydroxyl groups excluding tert-OH is 1. The monoisotopic (exact) mass is 279 g/mol. The van der Waals surface area contributed by atoms with Crippen molar-refractivity contribution in [2.45, 2.75) is 58.6 Å². The zero-order valence-corrected chi connectivity index (χ0v) is 13.0. The molecule has 0 aromatic heterocycles. The summed E-state index contributed by atoms with van der Waals surface area (Å²) in [5, 5.41) is 9.92. The van der Waals surface area contributed by atoms with Crippen LogP contribution in [0.2, 0.25) is 0 Å². The number of aliphatic hydroxyl groups is 1. The SMILES string of the molecule is Cc1cc(N(C)C2CCC(C)CC2)c(C(C)O)cc1F. The van der Waals surface area contributed by atoms with Crippen LogP contribution in [0.25, 0.3) is 0 Å². The van der Waals surface area contributed by atoms with Crippen LogP contribution in [0.3, 0.4) is 0 Å². The number of benzene rings is 1. The van der Waals surface area contributed by atoms with Gasteiger partial charge in [0.05, 0.1) is 6.10 Å². The first-order valence-electron chi connectivity index (χ1n) is 7.61. The smallest absolute Gasteiger partial charge is 0.126 e. The Bertz CT molecular complexity index is 464. The Morgan fingerprint density at radius 1 is 1.25 bits per heavy atom. The topological polar surface area (TPSA) is 23.5 Å². The fraction of sp³-hybridized carbons (Fsp3) is 0.647. The van der Waals surface area contributed by atoms with Gasteiger partial charge in [-0.05, 0) is 63.1 Å². The largest absolute Gasteiger partial charge is 0.389 e. The van der Waals surface area contributed by atoms with Crippen LogP contribution in [-0.2, 0) is 0 Å². The minimum Gasteiger partial charge on any atom is -0.389 e. The molecule has 1 aliphatic carbocycles. The zero-order valence-electron chi connectivity index (χ0n) is 13.0. The van der Waals surface area contributed by atoms with Gasteiger partial charge in [-0.2, -0.15) is 0 Å². The first-order chi connectivity index (χ1) is 9.40. The molecule has 1 saturated carbocycles. The molecule has 20 heavy (non-hydrogen) atoms. The minimum absolute atomic E-state index is 0.240. The van der Waals surface area contributed by atoms with E-state index in [0.29, 0.717) is 17.2 Å². The predicted octanol–water partition coefficient (Wildman–Crippen LogP) is 4.20. The second kappa shape index (κ2) is 6.13. The van der Waals surface area contributed by atoms with Crippen LogP contribution in [0.4, 0.5) is 10.1 Å². The van der Waals surface area contributed by atoms with E-state index in [-0.39, 0.29) is 5.82 Å². The van der Waals surface area contributed by atoms with Crippen molar-refractivity contribution < 1.29 is 9.50 Å². The zero-order chi connectivity index (χ0) is 14.9. The number of halogens is 1. The van der Waals surface area contributed by atoms with Crippen molar-refractivity contribution in [1.82, 2.24) is 0 Å². The van der Waals surface area contributed by atoms with Gasteiger partial charge in [0.2, 0.25) is 0 Å². The van der Waals surface area contributed by atoms with Crippen LogP contribution in [0.15, 0.2) is 12.1 Å². The second-order valence-electron chi connectivity index (χ2n) is 6.36. The minimum atomic E-state index is -0.648. The van der Waals surface area contributed by atoms with Crippen LogP contribution in [-0.4, -0.2) is 18.2 Å². The standard InChI is InChI=1S/C17H26FNO/c1-11-5-7-14(8-6-11)19(4)17-9-12(2)16(18)10-15(17)13(3)20/h9-11,13-14,20H,5-8H2,1-4H3. The van der Waals surface area contributed by atoms with Gasteiger partial charge in [0.15, 0.2) is 0 Å². The first-order valence-corrected chi connectivity index (χ1v) is 7.61. The lowest BCUT2D eigenvalue weighted by Gasteiger charge is -2.36. The third-order valence-electron chi connectivity index (χ3n) is 4.67. The molecule has 0 bridgehead atoms. The van der Waals surface area contributed by atoms with E-state index >= 15 is 0 Å². The Morgan fingerprint density at radius 3 is 2.40 bits per heavy atom. The van der Waals surface area contributed by atoms with E-state index in [1.54, 1.807) is 13.8 Å². The van der Waals surface area contributed by atoms with Crippen molar-refractivity contribution in [2.24, 2.45) is 5.92 Å². The van der Waals surface area contributed by atoms with Gasteiger partial charge in [-0.15, -0.1) is 0 Å². The van der Waals surface area contributed by atoms with Gasteiger partial charge in [-0.25, -0.2) is 4.39 Å². The van der Waals surface area contributed by atoms with Gasteiger partial charge in [0.1, 0.15) is 5.82 Å². The van der Waals surface area contributed by atoms with Crippen molar-refractivity contribution in [1.29, 1.82) is 0 Å². The molecule has 0 aliphatic heterocycles. The fourth-order valence-corrected chi connectivity index (χ4v) is 3.15. The summed E-state index contributed by atoms with van der Waals surface area (Å²) in [6, 6.07) is 3.85. The summed E-state index contributed by atoms with van der Waals surface area (Å²) in [6.07, 6.45) is 4.20. The number of anilines is 1. The van der Waals surface area contributed by atoms with Gasteiger partial charge in [-0.1, -0.05) is 6.92 Å². The number of aryl methyl sites for hydroxylation is 1. The third-order valence-corrected chi connectivity index (χ3v) is 4.67. The Morgan fingerprint density at radius 2 is 1.85 bits per heavy atom. The first kappa shape index (κ1) is 15.3. The highest BCUT2D eigenvalue weighted by Crippen LogP contribution is 2.34. The van der Waals surface area contributed by atoms with Gasteiger partial charge >= 0.3 is 0 Å². The summed E-state index contributed by atoms with van der Waals surface area (Å²) >= 11 is 0. The van der Waals surface area contributed by atoms with E-state index in [9.17, 15) is 9.50 Å². The van der Waals surface area contributed by atoms with Gasteiger partial charge in [0.25, 0.3) is 0 Å². The lowest BCUT2D eigenvalue weighted by atomic mass is 9.86. The molecule has 1 aromatic carbocycles. The van der Waals surface area contributed by atoms with Crippen molar-refractivity contribution in [3.05, 3.63) is 29.1 Å². The van der Waals surface area contributed by atoms with Gasteiger partial charge in [0, 0.05) is 24.3 Å². The Hall–Kier alpha value is -1.09. The Kier molecular flexibility index (Phi) is 4.69. The number of rotatable bonds is 3. The molecule has 2 rings (SSSR count). The van der Waals surface area contributed by atoms with Crippen LogP contribution in [0, 0.1) is 18.7 Å². The highest BCUT2D eigenvalue weighted by molar-refractivity contribution is 5.57. The van der Waals surface area contributed by atoms with Crippen molar-refractivity contribution in [3.8, 4) is 0 Å². The summed E-state index contributed by atoms with van der Waals surface area (Å²) in [4.78, 5) is 2.24. The summed E-state index contributed by atoms with van der Waals surface area (Å²) in [5.74, 6) is 0.571. The normalized spacial score (nSPS) is 24.5. The molecule has 0 spiro atoms. The molecule has 2 nitrogen and oxygen atoms in total.